The Bertz CT molecular complexity index is 1120. The number of rotatable bonds is 7. The van der Waals surface area contributed by atoms with Gasteiger partial charge in [-0.2, -0.15) is 13.2 Å². The molecule has 3 rings (SSSR count). The first-order valence-corrected chi connectivity index (χ1v) is 11.5. The molecule has 1 atom stereocenters. The smallest absolute Gasteiger partial charge is 0.374 e. The fourth-order valence-electron chi connectivity index (χ4n) is 3.51. The Labute approximate surface area is 206 Å². The molecule has 1 aliphatic heterocycles. The molecule has 1 amide bonds. The summed E-state index contributed by atoms with van der Waals surface area (Å²) < 4.78 is 70.6. The first kappa shape index (κ1) is 26.4. The summed E-state index contributed by atoms with van der Waals surface area (Å²) in [7, 11) is 0. The summed E-state index contributed by atoms with van der Waals surface area (Å²) in [6.45, 7) is 2.64. The summed E-state index contributed by atoms with van der Waals surface area (Å²) in [4.78, 5) is 16.6. The van der Waals surface area contributed by atoms with Crippen molar-refractivity contribution in [3.05, 3.63) is 68.1 Å². The lowest BCUT2D eigenvalue weighted by Crippen LogP contribution is -2.43. The van der Waals surface area contributed by atoms with Gasteiger partial charge < -0.3 is 10.2 Å². The van der Waals surface area contributed by atoms with Crippen LogP contribution in [0.25, 0.3) is 0 Å². The van der Waals surface area contributed by atoms with Gasteiger partial charge in [0, 0.05) is 52.5 Å². The second-order valence-electron chi connectivity index (χ2n) is 8.08. The lowest BCUT2D eigenvalue weighted by atomic mass is 9.85. The predicted molar refractivity (Wildman–Crippen MR) is 122 cm³/mol. The third-order valence-electron chi connectivity index (χ3n) is 5.40. The van der Waals surface area contributed by atoms with Gasteiger partial charge in [0.15, 0.2) is 0 Å². The van der Waals surface area contributed by atoms with Gasteiger partial charge in [-0.05, 0) is 36.2 Å². The second kappa shape index (κ2) is 9.81. The zero-order valence-electron chi connectivity index (χ0n) is 18.2. The van der Waals surface area contributed by atoms with E-state index in [1.165, 1.54) is 12.1 Å². The van der Waals surface area contributed by atoms with Crippen LogP contribution in [0.3, 0.4) is 0 Å². The first-order chi connectivity index (χ1) is 15.8. The zero-order valence-corrected chi connectivity index (χ0v) is 20.5. The highest BCUT2D eigenvalue weighted by molar-refractivity contribution is 9.10. The number of nitrogens with one attached hydrogen (secondary N) is 1. The van der Waals surface area contributed by atoms with Gasteiger partial charge in [-0.3, -0.25) is 4.79 Å². The van der Waals surface area contributed by atoms with Crippen molar-refractivity contribution in [2.75, 3.05) is 0 Å². The van der Waals surface area contributed by atoms with Gasteiger partial charge in [-0.15, -0.1) is 0 Å². The molecule has 0 bridgehead atoms. The van der Waals surface area contributed by atoms with Crippen LogP contribution in [0.5, 0.6) is 0 Å². The largest absolute Gasteiger partial charge is 0.435 e. The van der Waals surface area contributed by atoms with Crippen LogP contribution in [0.4, 0.5) is 22.0 Å². The van der Waals surface area contributed by atoms with E-state index < -0.39 is 35.2 Å². The molecule has 0 aromatic heterocycles. The fraction of sp³-hybridized carbons (Fsp3) is 0.391. The number of oxime groups is 1. The number of hydrogen-bond donors (Lipinski definition) is 1. The van der Waals surface area contributed by atoms with Crippen molar-refractivity contribution in [1.29, 1.82) is 0 Å². The molecular weight excluding hydrogens is 547 g/mol. The molecule has 1 N–H and O–H groups in total. The van der Waals surface area contributed by atoms with Crippen LogP contribution in [0.1, 0.15) is 55.4 Å². The Kier molecular flexibility index (Phi) is 7.62. The van der Waals surface area contributed by atoms with Crippen LogP contribution in [-0.4, -0.2) is 17.8 Å². The molecule has 4 nitrogen and oxygen atoms in total. The highest BCUT2D eigenvalue weighted by Gasteiger charge is 2.62. The molecule has 0 aliphatic carbocycles. The van der Waals surface area contributed by atoms with Gasteiger partial charge in [-0.25, -0.2) is 8.78 Å². The number of carbonyl (C=O) groups excluding carboxylic acids is 1. The van der Waals surface area contributed by atoms with Crippen molar-refractivity contribution < 1.29 is 31.6 Å². The van der Waals surface area contributed by atoms with Gasteiger partial charge >= 0.3 is 6.18 Å². The Morgan fingerprint density at radius 1 is 1.21 bits per heavy atom. The van der Waals surface area contributed by atoms with Crippen molar-refractivity contribution in [1.82, 2.24) is 5.32 Å². The lowest BCUT2D eigenvalue weighted by Gasteiger charge is -2.30. The Morgan fingerprint density at radius 2 is 1.91 bits per heavy atom. The molecule has 34 heavy (non-hydrogen) atoms. The van der Waals surface area contributed by atoms with Crippen molar-refractivity contribution >= 4 is 39.1 Å². The van der Waals surface area contributed by atoms with E-state index in [4.69, 9.17) is 16.4 Å². The molecule has 2 aromatic rings. The van der Waals surface area contributed by atoms with Gasteiger partial charge in [0.25, 0.3) is 11.5 Å². The maximum atomic E-state index is 14.3. The number of alkyl halides is 5. The van der Waals surface area contributed by atoms with Gasteiger partial charge in [0.05, 0.1) is 5.71 Å². The number of amides is 1. The minimum atomic E-state index is -4.95. The maximum Gasteiger partial charge on any atom is 0.435 e. The van der Waals surface area contributed by atoms with E-state index in [0.29, 0.717) is 25.3 Å². The molecule has 184 valence electrons. The van der Waals surface area contributed by atoms with E-state index in [1.807, 2.05) is 6.92 Å². The normalized spacial score (nSPS) is 18.4. The molecule has 0 fully saturated rings. The van der Waals surface area contributed by atoms with E-state index >= 15 is 0 Å². The number of benzene rings is 2. The van der Waals surface area contributed by atoms with E-state index in [-0.39, 0.29) is 33.2 Å². The van der Waals surface area contributed by atoms with Crippen molar-refractivity contribution in [2.45, 2.75) is 57.4 Å². The summed E-state index contributed by atoms with van der Waals surface area (Å²) in [5.41, 5.74) is -3.19. The third kappa shape index (κ3) is 5.54. The highest BCUT2D eigenvalue weighted by atomic mass is 79.9. The first-order valence-electron chi connectivity index (χ1n) is 10.3. The average molecular weight is 568 g/mol. The van der Waals surface area contributed by atoms with Crippen LogP contribution < -0.4 is 5.32 Å². The standard InChI is InChI=1S/C23H21BrClF5N2O2/c1-3-4-20(33)31-12-14-6-5-13(7-18(14)25)19-11-22(34-32-19,23(28,29)30)16-8-15(21(2,26)27)9-17(24)10-16/h5-10H,3-4,11-12H2,1-2H3,(H,31,33). The van der Waals surface area contributed by atoms with Gasteiger partial charge in [-0.1, -0.05) is 51.7 Å². The SMILES string of the molecule is CCCC(=O)NCc1ccc(C2=NOC(c3cc(Br)cc(C(C)(F)F)c3)(C(F)(F)F)C2)cc1Cl. The van der Waals surface area contributed by atoms with E-state index in [1.54, 1.807) is 6.07 Å². The zero-order chi connectivity index (χ0) is 25.3. The van der Waals surface area contributed by atoms with Crippen LogP contribution in [0, 0.1) is 0 Å². The molecule has 1 heterocycles. The van der Waals surface area contributed by atoms with Crippen LogP contribution in [-0.2, 0) is 27.7 Å². The number of hydrogen-bond acceptors (Lipinski definition) is 3. The molecule has 0 radical (unpaired) electrons. The second-order valence-corrected chi connectivity index (χ2v) is 9.40. The Balaban J connectivity index is 1.90. The summed E-state index contributed by atoms with van der Waals surface area (Å²) in [5.74, 6) is -3.50. The molecule has 11 heteroatoms. The van der Waals surface area contributed by atoms with Crippen molar-refractivity contribution in [2.24, 2.45) is 5.16 Å². The van der Waals surface area contributed by atoms with Gasteiger partial charge in [0.1, 0.15) is 0 Å². The summed E-state index contributed by atoms with van der Waals surface area (Å²) in [6.07, 6.45) is -4.63. The minimum absolute atomic E-state index is 0.0365. The van der Waals surface area contributed by atoms with Crippen LogP contribution in [0.15, 0.2) is 46.0 Å². The van der Waals surface area contributed by atoms with Gasteiger partial charge in [0.2, 0.25) is 5.91 Å². The topological polar surface area (TPSA) is 50.7 Å². The average Bonchev–Trinajstić information content (AvgIpc) is 3.19. The van der Waals surface area contributed by atoms with Crippen LogP contribution >= 0.6 is 27.5 Å². The molecule has 1 aliphatic rings. The van der Waals surface area contributed by atoms with E-state index in [2.05, 4.69) is 26.4 Å². The Hall–Kier alpha value is -2.20. The molecule has 0 saturated carbocycles. The quantitative estimate of drug-likeness (QED) is 0.360. The minimum Gasteiger partial charge on any atom is -0.374 e. The fourth-order valence-corrected chi connectivity index (χ4v) is 4.25. The monoisotopic (exact) mass is 566 g/mol. The molecule has 0 spiro atoms. The lowest BCUT2D eigenvalue weighted by molar-refractivity contribution is -0.276. The molecular formula is C23H21BrClF5N2O2. The maximum absolute atomic E-state index is 14.3. The molecule has 2 aromatic carbocycles. The Morgan fingerprint density at radius 3 is 2.50 bits per heavy atom. The third-order valence-corrected chi connectivity index (χ3v) is 6.21. The highest BCUT2D eigenvalue weighted by Crippen LogP contribution is 2.50. The van der Waals surface area contributed by atoms with Crippen molar-refractivity contribution in [3.63, 3.8) is 0 Å². The molecule has 1 unspecified atom stereocenters. The summed E-state index contributed by atoms with van der Waals surface area (Å²) in [6, 6.07) is 7.47. The number of carbonyl (C=O) groups is 1. The van der Waals surface area contributed by atoms with E-state index in [9.17, 15) is 26.7 Å². The summed E-state index contributed by atoms with van der Waals surface area (Å²) in [5, 5.41) is 6.61. The summed E-state index contributed by atoms with van der Waals surface area (Å²) >= 11 is 9.29. The molecule has 0 saturated heterocycles. The van der Waals surface area contributed by atoms with Crippen molar-refractivity contribution in [3.8, 4) is 0 Å². The number of nitrogens with zero attached hydrogens (tertiary/aromatic N) is 1. The predicted octanol–water partition coefficient (Wildman–Crippen LogP) is 7.21. The van der Waals surface area contributed by atoms with E-state index in [0.717, 1.165) is 18.2 Å². The number of halogens is 7. The van der Waals surface area contributed by atoms with Crippen LogP contribution in [0.2, 0.25) is 5.02 Å².